The van der Waals surface area contributed by atoms with Crippen molar-refractivity contribution in [3.63, 3.8) is 0 Å². The Hall–Kier alpha value is -6.16. The second kappa shape index (κ2) is 14.2. The van der Waals surface area contributed by atoms with Gasteiger partial charge in [0.05, 0.1) is 5.52 Å². The van der Waals surface area contributed by atoms with Gasteiger partial charge in [0.25, 0.3) is 0 Å². The van der Waals surface area contributed by atoms with Crippen LogP contribution in [-0.2, 0) is 24.7 Å². The fourth-order valence-corrected chi connectivity index (χ4v) is 17.2. The zero-order valence-electron chi connectivity index (χ0n) is 36.5. The van der Waals surface area contributed by atoms with Crippen LogP contribution in [0.25, 0.3) is 45.6 Å². The molecule has 0 N–H and O–H groups in total. The highest BCUT2D eigenvalue weighted by Gasteiger charge is 2.42. The van der Waals surface area contributed by atoms with Crippen molar-refractivity contribution in [1.82, 2.24) is 9.13 Å². The van der Waals surface area contributed by atoms with Gasteiger partial charge in [-0.2, -0.15) is 0 Å². The van der Waals surface area contributed by atoms with Crippen molar-refractivity contribution < 1.29 is 0 Å². The molecule has 304 valence electrons. The molecule has 6 aromatic carbocycles. The van der Waals surface area contributed by atoms with Gasteiger partial charge in [0, 0.05) is 44.8 Å². The Morgan fingerprint density at radius 2 is 1.21 bits per heavy atom. The van der Waals surface area contributed by atoms with Gasteiger partial charge in [0.2, 0.25) is 0 Å². The molecular formula is C59H54N2Si. The topological polar surface area (TPSA) is 9.86 Å². The van der Waals surface area contributed by atoms with Crippen molar-refractivity contribution in [1.29, 1.82) is 0 Å². The average Bonchev–Trinajstić information content (AvgIpc) is 3.91. The summed E-state index contributed by atoms with van der Waals surface area (Å²) >= 11 is 0. The van der Waals surface area contributed by atoms with Crippen LogP contribution in [0, 0.1) is 5.92 Å². The fraction of sp³-hybridized carbons (Fsp3) is 0.220. The van der Waals surface area contributed by atoms with Gasteiger partial charge in [-0.3, -0.25) is 0 Å². The largest absolute Gasteiger partial charge is 0.317 e. The first kappa shape index (κ1) is 37.6. The van der Waals surface area contributed by atoms with E-state index in [1.807, 2.05) is 0 Å². The van der Waals surface area contributed by atoms with Crippen LogP contribution in [0.4, 0.5) is 0 Å². The van der Waals surface area contributed by atoms with Crippen molar-refractivity contribution in [3.8, 4) is 22.5 Å². The van der Waals surface area contributed by atoms with Crippen LogP contribution in [0.1, 0.15) is 97.8 Å². The standard InChI is InChI=1S/C59H54N2Si/c1-39-26-35-51-55(38-39)60(54-37-36-49-47-21-11-13-24-52(47)59(3,4)57(49)56(51)54)41-27-31-45(32-28-41)62(43-17-7-5-8-18-43,44-19-9-6-10-20-44)46-33-29-42(30-34-46)61-53-25-14-12-22-48(53)50-23-15-16-40(2)58(50)61/h5-13,17-22,24,26-37,39-40H,14-16,23,25,38H2,1-4H3. The van der Waals surface area contributed by atoms with Crippen LogP contribution < -0.4 is 20.7 Å². The summed E-state index contributed by atoms with van der Waals surface area (Å²) in [7, 11) is -2.79. The van der Waals surface area contributed by atoms with E-state index in [4.69, 9.17) is 0 Å². The number of rotatable bonds is 6. The van der Waals surface area contributed by atoms with Crippen LogP contribution in [0.15, 0.2) is 158 Å². The first-order valence-electron chi connectivity index (χ1n) is 23.1. The summed E-state index contributed by atoms with van der Waals surface area (Å²) in [5.41, 5.74) is 18.4. The molecule has 4 aliphatic rings. The molecular weight excluding hydrogens is 765 g/mol. The summed E-state index contributed by atoms with van der Waals surface area (Å²) in [4.78, 5) is 0. The molecule has 4 aliphatic carbocycles. The van der Waals surface area contributed by atoms with Gasteiger partial charge in [-0.05, 0) is 135 Å². The first-order valence-corrected chi connectivity index (χ1v) is 25.1. The van der Waals surface area contributed by atoms with E-state index in [-0.39, 0.29) is 5.41 Å². The predicted molar refractivity (Wildman–Crippen MR) is 264 cm³/mol. The normalized spacial score (nSPS) is 18.3. The fourth-order valence-electron chi connectivity index (χ4n) is 12.5. The highest BCUT2D eigenvalue weighted by molar-refractivity contribution is 7.19. The summed E-state index contributed by atoms with van der Waals surface area (Å²) in [5.74, 6) is 1.04. The van der Waals surface area contributed by atoms with E-state index in [0.29, 0.717) is 11.8 Å². The van der Waals surface area contributed by atoms with Gasteiger partial charge >= 0.3 is 0 Å². The third kappa shape index (κ3) is 5.34. The minimum atomic E-state index is -2.79. The van der Waals surface area contributed by atoms with Gasteiger partial charge in [-0.25, -0.2) is 0 Å². The van der Waals surface area contributed by atoms with Crippen molar-refractivity contribution in [2.24, 2.45) is 5.92 Å². The van der Waals surface area contributed by atoms with Crippen LogP contribution in [0.5, 0.6) is 0 Å². The Bertz CT molecular complexity index is 3060. The Morgan fingerprint density at radius 1 is 0.581 bits per heavy atom. The molecule has 0 spiro atoms. The Kier molecular flexibility index (Phi) is 8.60. The van der Waals surface area contributed by atoms with E-state index < -0.39 is 8.07 Å². The maximum absolute atomic E-state index is 2.79. The molecule has 12 rings (SSSR count). The number of benzene rings is 6. The number of fused-ring (bicyclic) bond motifs is 10. The van der Waals surface area contributed by atoms with E-state index >= 15 is 0 Å². The molecule has 0 amide bonds. The molecule has 2 unspecified atom stereocenters. The molecule has 2 atom stereocenters. The van der Waals surface area contributed by atoms with Gasteiger partial charge < -0.3 is 9.13 Å². The minimum Gasteiger partial charge on any atom is -0.317 e. The number of nitrogens with zero attached hydrogens (tertiary/aromatic N) is 2. The number of allylic oxidation sites excluding steroid dienone is 2. The van der Waals surface area contributed by atoms with Crippen LogP contribution >= 0.6 is 0 Å². The molecule has 2 nitrogen and oxygen atoms in total. The number of aromatic nitrogens is 2. The SMILES string of the molecule is CC1C=Cc2c(n(-c3ccc([Si](c4ccccc4)(c4ccccc4)c4ccc(-n5c6c(c7c5C(C)CCC7)C=CCC6)cc4)cc3)c3ccc4c(c23)C(C)(C)c2ccccc2-4)C1. The highest BCUT2D eigenvalue weighted by Crippen LogP contribution is 2.53. The molecule has 3 heteroatoms. The molecule has 62 heavy (non-hydrogen) atoms. The van der Waals surface area contributed by atoms with Crippen LogP contribution in [-0.4, -0.2) is 17.2 Å². The van der Waals surface area contributed by atoms with Crippen molar-refractivity contribution >= 4 is 51.9 Å². The summed E-state index contributed by atoms with van der Waals surface area (Å²) in [5, 5.41) is 7.04. The first-order chi connectivity index (χ1) is 30.4. The molecule has 0 saturated heterocycles. The smallest absolute Gasteiger partial charge is 0.179 e. The molecule has 0 radical (unpaired) electrons. The Morgan fingerprint density at radius 3 is 1.90 bits per heavy atom. The van der Waals surface area contributed by atoms with E-state index in [0.717, 1.165) is 19.3 Å². The molecule has 2 aromatic heterocycles. The van der Waals surface area contributed by atoms with Gasteiger partial charge in [-0.1, -0.05) is 167 Å². The molecule has 0 bridgehead atoms. The molecule has 0 aliphatic heterocycles. The summed E-state index contributed by atoms with van der Waals surface area (Å²) in [6.45, 7) is 9.65. The van der Waals surface area contributed by atoms with E-state index in [1.54, 1.807) is 11.3 Å². The Balaban J connectivity index is 1.04. The lowest BCUT2D eigenvalue weighted by molar-refractivity contribution is 0.566. The van der Waals surface area contributed by atoms with Crippen LogP contribution in [0.3, 0.4) is 0 Å². The second-order valence-electron chi connectivity index (χ2n) is 19.2. The minimum absolute atomic E-state index is 0.0897. The van der Waals surface area contributed by atoms with Gasteiger partial charge in [0.15, 0.2) is 8.07 Å². The molecule has 8 aromatic rings. The number of hydrogen-bond acceptors (Lipinski definition) is 0. The lowest BCUT2D eigenvalue weighted by Crippen LogP contribution is -2.74. The summed E-state index contributed by atoms with van der Waals surface area (Å²) in [6.07, 6.45) is 16.6. The van der Waals surface area contributed by atoms with Crippen molar-refractivity contribution in [2.45, 2.75) is 77.6 Å². The maximum atomic E-state index is 2.66. The third-order valence-electron chi connectivity index (χ3n) is 15.2. The van der Waals surface area contributed by atoms with E-state index in [1.165, 1.54) is 107 Å². The summed E-state index contributed by atoms with van der Waals surface area (Å²) < 4.78 is 5.27. The lowest BCUT2D eigenvalue weighted by Gasteiger charge is -2.35. The number of hydrogen-bond donors (Lipinski definition) is 0. The quantitative estimate of drug-likeness (QED) is 0.117. The van der Waals surface area contributed by atoms with E-state index in [2.05, 4.69) is 207 Å². The Labute approximate surface area is 367 Å². The molecule has 0 saturated carbocycles. The van der Waals surface area contributed by atoms with Gasteiger partial charge in [0.1, 0.15) is 0 Å². The second-order valence-corrected chi connectivity index (χ2v) is 23.0. The zero-order valence-corrected chi connectivity index (χ0v) is 37.5. The average molecular weight is 819 g/mol. The third-order valence-corrected chi connectivity index (χ3v) is 20.0. The molecule has 0 fully saturated rings. The highest BCUT2D eigenvalue weighted by atomic mass is 28.3. The van der Waals surface area contributed by atoms with Gasteiger partial charge in [-0.15, -0.1) is 0 Å². The van der Waals surface area contributed by atoms with Crippen LogP contribution in [0.2, 0.25) is 0 Å². The van der Waals surface area contributed by atoms with Crippen molar-refractivity contribution in [3.05, 3.63) is 203 Å². The maximum Gasteiger partial charge on any atom is 0.179 e. The lowest BCUT2D eigenvalue weighted by atomic mass is 9.79. The monoisotopic (exact) mass is 818 g/mol. The zero-order chi connectivity index (χ0) is 41.7. The molecule has 2 heterocycles. The van der Waals surface area contributed by atoms with E-state index in [9.17, 15) is 0 Å². The predicted octanol–water partition coefficient (Wildman–Crippen LogP) is 11.7. The summed E-state index contributed by atoms with van der Waals surface area (Å²) in [6, 6.07) is 56.4. The van der Waals surface area contributed by atoms with Crippen molar-refractivity contribution in [2.75, 3.05) is 0 Å².